The van der Waals surface area contributed by atoms with Crippen molar-refractivity contribution in [1.29, 1.82) is 0 Å². The van der Waals surface area contributed by atoms with Gasteiger partial charge >= 0.3 is 0 Å². The molecule has 0 saturated heterocycles. The maximum absolute atomic E-state index is 13.2. The molecule has 1 heterocycles. The number of halogens is 2. The Morgan fingerprint density at radius 3 is 2.12 bits per heavy atom. The molecule has 136 valence electrons. The van der Waals surface area contributed by atoms with Crippen molar-refractivity contribution in [3.63, 3.8) is 0 Å². The van der Waals surface area contributed by atoms with Crippen molar-refractivity contribution in [2.45, 2.75) is 33.4 Å². The van der Waals surface area contributed by atoms with E-state index in [1.165, 1.54) is 24.3 Å². The summed E-state index contributed by atoms with van der Waals surface area (Å²) in [6.45, 7) is 6.88. The summed E-state index contributed by atoms with van der Waals surface area (Å²) in [6, 6.07) is 12.6. The summed E-state index contributed by atoms with van der Waals surface area (Å²) in [5, 5.41) is 3.48. The molecular weight excluding hydrogens is 334 g/mol. The zero-order valence-electron chi connectivity index (χ0n) is 15.1. The van der Waals surface area contributed by atoms with Crippen LogP contribution in [0.1, 0.15) is 38.1 Å². The van der Waals surface area contributed by atoms with Crippen LogP contribution in [0, 0.1) is 17.0 Å². The Balaban J connectivity index is 1.73. The molecule has 0 bridgehead atoms. The highest BCUT2D eigenvalue weighted by Gasteiger charge is 2.26. The molecule has 0 aliphatic rings. The number of hydrogen-bond acceptors (Lipinski definition) is 3. The van der Waals surface area contributed by atoms with Crippen LogP contribution in [0.15, 0.2) is 59.2 Å². The number of oxazole rings is 1. The van der Waals surface area contributed by atoms with Crippen molar-refractivity contribution in [2.24, 2.45) is 5.41 Å². The molecule has 3 aromatic rings. The molecule has 0 aliphatic carbocycles. The van der Waals surface area contributed by atoms with E-state index >= 15 is 0 Å². The first-order chi connectivity index (χ1) is 12.3. The number of nitrogens with one attached hydrogen (secondary N) is 1. The minimum Gasteiger partial charge on any atom is -0.444 e. The lowest BCUT2D eigenvalue weighted by Crippen LogP contribution is -2.32. The fraction of sp³-hybridized carbons (Fsp3) is 0.286. The lowest BCUT2D eigenvalue weighted by molar-refractivity contribution is 0.270. The Kier molecular flexibility index (Phi) is 5.18. The molecule has 2 aromatic carbocycles. The van der Waals surface area contributed by atoms with Gasteiger partial charge in [0.1, 0.15) is 17.9 Å². The van der Waals surface area contributed by atoms with Crippen LogP contribution >= 0.6 is 0 Å². The van der Waals surface area contributed by atoms with Gasteiger partial charge in [-0.05, 0) is 47.4 Å². The predicted molar refractivity (Wildman–Crippen MR) is 97.3 cm³/mol. The van der Waals surface area contributed by atoms with E-state index in [2.05, 4.69) is 31.1 Å². The first-order valence-electron chi connectivity index (χ1n) is 8.52. The van der Waals surface area contributed by atoms with Gasteiger partial charge in [-0.15, -0.1) is 0 Å². The molecule has 0 fully saturated rings. The Morgan fingerprint density at radius 2 is 1.54 bits per heavy atom. The summed E-state index contributed by atoms with van der Waals surface area (Å²) in [7, 11) is 0. The fourth-order valence-electron chi connectivity index (χ4n) is 2.90. The smallest absolute Gasteiger partial charge is 0.226 e. The number of nitrogens with zero attached hydrogens (tertiary/aromatic N) is 1. The molecule has 0 radical (unpaired) electrons. The van der Waals surface area contributed by atoms with E-state index in [0.29, 0.717) is 12.4 Å². The molecule has 3 nitrogen and oxygen atoms in total. The molecule has 5 heteroatoms. The number of aromatic nitrogens is 1. The van der Waals surface area contributed by atoms with Gasteiger partial charge in [-0.3, -0.25) is 0 Å². The van der Waals surface area contributed by atoms with Crippen LogP contribution in [0.4, 0.5) is 8.78 Å². The molecule has 0 spiro atoms. The molecule has 1 atom stereocenters. The van der Waals surface area contributed by atoms with E-state index in [1.54, 1.807) is 30.5 Å². The fourth-order valence-corrected chi connectivity index (χ4v) is 2.90. The van der Waals surface area contributed by atoms with E-state index in [4.69, 9.17) is 4.42 Å². The maximum atomic E-state index is 13.2. The third-order valence-electron chi connectivity index (χ3n) is 4.20. The summed E-state index contributed by atoms with van der Waals surface area (Å²) in [5.41, 5.74) is 2.42. The largest absolute Gasteiger partial charge is 0.444 e. The van der Waals surface area contributed by atoms with Crippen LogP contribution in [-0.2, 0) is 6.54 Å². The van der Waals surface area contributed by atoms with Gasteiger partial charge < -0.3 is 9.73 Å². The highest BCUT2D eigenvalue weighted by molar-refractivity contribution is 5.52. The van der Waals surface area contributed by atoms with Crippen LogP contribution < -0.4 is 5.32 Å². The minimum atomic E-state index is -0.297. The molecule has 1 aromatic heterocycles. The van der Waals surface area contributed by atoms with Crippen LogP contribution in [0.3, 0.4) is 0 Å². The molecule has 0 saturated carbocycles. The lowest BCUT2D eigenvalue weighted by atomic mass is 9.82. The maximum Gasteiger partial charge on any atom is 0.226 e. The van der Waals surface area contributed by atoms with Gasteiger partial charge in [-0.1, -0.05) is 32.9 Å². The molecule has 3 rings (SSSR count). The summed E-state index contributed by atoms with van der Waals surface area (Å²) < 4.78 is 31.8. The summed E-state index contributed by atoms with van der Waals surface area (Å²) in [4.78, 5) is 4.46. The van der Waals surface area contributed by atoms with Crippen LogP contribution in [0.5, 0.6) is 0 Å². The monoisotopic (exact) mass is 356 g/mol. The lowest BCUT2D eigenvalue weighted by Gasteiger charge is -2.32. The van der Waals surface area contributed by atoms with E-state index < -0.39 is 0 Å². The zero-order valence-corrected chi connectivity index (χ0v) is 15.1. The zero-order chi connectivity index (χ0) is 18.7. The van der Waals surface area contributed by atoms with Gasteiger partial charge in [0.25, 0.3) is 0 Å². The molecule has 1 unspecified atom stereocenters. The molecule has 0 amide bonds. The van der Waals surface area contributed by atoms with Crippen molar-refractivity contribution >= 4 is 0 Å². The van der Waals surface area contributed by atoms with E-state index in [9.17, 15) is 8.78 Å². The third-order valence-corrected chi connectivity index (χ3v) is 4.20. The van der Waals surface area contributed by atoms with Crippen LogP contribution in [-0.4, -0.2) is 4.98 Å². The standard InChI is InChI=1S/C21H22F2N2O/c1-21(2,3)19(14-4-8-16(22)9-5-14)24-12-18-13-26-20(25-18)15-6-10-17(23)11-7-15/h4-11,13,19,24H,12H2,1-3H3. The van der Waals surface area contributed by atoms with Gasteiger partial charge in [0.15, 0.2) is 0 Å². The summed E-state index contributed by atoms with van der Waals surface area (Å²) in [5.74, 6) is -0.0905. The van der Waals surface area contributed by atoms with Crippen molar-refractivity contribution < 1.29 is 13.2 Å². The normalized spacial score (nSPS) is 13.0. The molecule has 1 N–H and O–H groups in total. The predicted octanol–water partition coefficient (Wildman–Crippen LogP) is 5.50. The molecule has 26 heavy (non-hydrogen) atoms. The Bertz CT molecular complexity index is 849. The van der Waals surface area contributed by atoms with Crippen LogP contribution in [0.25, 0.3) is 11.5 Å². The first kappa shape index (κ1) is 18.3. The van der Waals surface area contributed by atoms with Crippen molar-refractivity contribution in [3.05, 3.63) is 77.7 Å². The number of rotatable bonds is 5. The molecular formula is C21H22F2N2O. The van der Waals surface area contributed by atoms with Gasteiger partial charge in [0.2, 0.25) is 5.89 Å². The quantitative estimate of drug-likeness (QED) is 0.656. The van der Waals surface area contributed by atoms with Crippen molar-refractivity contribution in [2.75, 3.05) is 0 Å². The average molecular weight is 356 g/mol. The highest BCUT2D eigenvalue weighted by atomic mass is 19.1. The summed E-state index contributed by atoms with van der Waals surface area (Å²) >= 11 is 0. The first-order valence-corrected chi connectivity index (χ1v) is 8.52. The second-order valence-electron chi connectivity index (χ2n) is 7.38. The van der Waals surface area contributed by atoms with E-state index in [0.717, 1.165) is 16.8 Å². The second kappa shape index (κ2) is 7.38. The van der Waals surface area contributed by atoms with Gasteiger partial charge in [-0.2, -0.15) is 0 Å². The van der Waals surface area contributed by atoms with E-state index in [-0.39, 0.29) is 23.1 Å². The third kappa shape index (κ3) is 4.35. The van der Waals surface area contributed by atoms with Crippen LogP contribution in [0.2, 0.25) is 0 Å². The Labute approximate surface area is 152 Å². The summed E-state index contributed by atoms with van der Waals surface area (Å²) in [6.07, 6.45) is 1.59. The van der Waals surface area contributed by atoms with Crippen molar-refractivity contribution in [1.82, 2.24) is 10.3 Å². The minimum absolute atomic E-state index is 0.0223. The average Bonchev–Trinajstić information content (AvgIpc) is 3.05. The van der Waals surface area contributed by atoms with Gasteiger partial charge in [0.05, 0.1) is 5.69 Å². The van der Waals surface area contributed by atoms with E-state index in [1.807, 2.05) is 0 Å². The Morgan fingerprint density at radius 1 is 0.962 bits per heavy atom. The van der Waals surface area contributed by atoms with Gasteiger partial charge in [-0.25, -0.2) is 13.8 Å². The second-order valence-corrected chi connectivity index (χ2v) is 7.38. The number of benzene rings is 2. The Hall–Kier alpha value is -2.53. The highest BCUT2D eigenvalue weighted by Crippen LogP contribution is 2.33. The van der Waals surface area contributed by atoms with Gasteiger partial charge in [0, 0.05) is 18.2 Å². The topological polar surface area (TPSA) is 38.1 Å². The SMILES string of the molecule is CC(C)(C)C(NCc1coc(-c2ccc(F)cc2)n1)c1ccc(F)cc1. The van der Waals surface area contributed by atoms with Crippen molar-refractivity contribution in [3.8, 4) is 11.5 Å². The number of hydrogen-bond donors (Lipinski definition) is 1. The molecule has 0 aliphatic heterocycles.